The lowest BCUT2D eigenvalue weighted by Crippen LogP contribution is -2.53. The van der Waals surface area contributed by atoms with Gasteiger partial charge in [-0.05, 0) is 68.2 Å². The van der Waals surface area contributed by atoms with E-state index in [0.717, 1.165) is 49.2 Å². The largest absolute Gasteiger partial charge is 0.379 e. The van der Waals surface area contributed by atoms with Gasteiger partial charge in [0.2, 0.25) is 0 Å². The minimum Gasteiger partial charge on any atom is -0.379 e. The molecule has 3 aliphatic heterocycles. The fourth-order valence-corrected chi connectivity index (χ4v) is 5.90. The summed E-state index contributed by atoms with van der Waals surface area (Å²) in [5.74, 6) is 0.589. The topological polar surface area (TPSA) is 102 Å². The molecule has 192 valence electrons. The number of nitrogens with zero attached hydrogens (tertiary/aromatic N) is 3. The number of aromatic nitrogens is 4. The Labute approximate surface area is 218 Å². The van der Waals surface area contributed by atoms with Crippen LogP contribution < -0.4 is 16.2 Å². The number of anilines is 2. The van der Waals surface area contributed by atoms with E-state index >= 15 is 4.39 Å². The van der Waals surface area contributed by atoms with Crippen molar-refractivity contribution in [3.8, 4) is 11.4 Å². The summed E-state index contributed by atoms with van der Waals surface area (Å²) in [4.78, 5) is 31.4. The summed E-state index contributed by atoms with van der Waals surface area (Å²) in [6.07, 6.45) is 3.95. The van der Waals surface area contributed by atoms with Crippen molar-refractivity contribution >= 4 is 33.3 Å². The van der Waals surface area contributed by atoms with E-state index in [-0.39, 0.29) is 11.6 Å². The molecule has 38 heavy (non-hydrogen) atoms. The Balaban J connectivity index is 1.35. The van der Waals surface area contributed by atoms with Crippen LogP contribution in [-0.4, -0.2) is 50.5 Å². The zero-order valence-electron chi connectivity index (χ0n) is 20.8. The van der Waals surface area contributed by atoms with Gasteiger partial charge in [0.25, 0.3) is 5.56 Å². The van der Waals surface area contributed by atoms with Crippen molar-refractivity contribution in [3.63, 3.8) is 0 Å². The first kappa shape index (κ1) is 22.9. The number of rotatable bonds is 6. The van der Waals surface area contributed by atoms with Crippen molar-refractivity contribution in [2.75, 3.05) is 30.3 Å². The van der Waals surface area contributed by atoms with E-state index < -0.39 is 5.82 Å². The molecule has 3 aliphatic rings. The maximum atomic E-state index is 15.5. The summed E-state index contributed by atoms with van der Waals surface area (Å²) >= 11 is 0. The third kappa shape index (κ3) is 4.09. The Kier molecular flexibility index (Phi) is 5.58. The van der Waals surface area contributed by atoms with Gasteiger partial charge in [0, 0.05) is 24.2 Å². The van der Waals surface area contributed by atoms with Crippen LogP contribution in [0.2, 0.25) is 0 Å². The van der Waals surface area contributed by atoms with Gasteiger partial charge in [-0.2, -0.15) is 0 Å². The lowest BCUT2D eigenvalue weighted by atomic mass is 9.83. The fraction of sp³-hybridized carbons (Fsp3) is 0.276. The Bertz CT molecular complexity index is 1660. The number of imidazole rings is 1. The van der Waals surface area contributed by atoms with Crippen molar-refractivity contribution in [1.82, 2.24) is 24.8 Å². The molecule has 3 fully saturated rings. The summed E-state index contributed by atoms with van der Waals surface area (Å²) in [5.41, 5.74) is 4.03. The zero-order valence-corrected chi connectivity index (χ0v) is 20.8. The molecule has 1 atom stereocenters. The third-order valence-electron chi connectivity index (χ3n) is 7.90. The highest BCUT2D eigenvalue weighted by atomic mass is 19.1. The summed E-state index contributed by atoms with van der Waals surface area (Å²) in [6, 6.07) is 16.6. The van der Waals surface area contributed by atoms with Gasteiger partial charge in [-0.15, -0.1) is 0 Å². The smallest absolute Gasteiger partial charge is 0.261 e. The van der Waals surface area contributed by atoms with Crippen LogP contribution >= 0.6 is 0 Å². The van der Waals surface area contributed by atoms with E-state index in [4.69, 9.17) is 4.98 Å². The van der Waals surface area contributed by atoms with Gasteiger partial charge in [-0.25, -0.2) is 9.37 Å². The molecule has 9 heteroatoms. The summed E-state index contributed by atoms with van der Waals surface area (Å²) in [6.45, 7) is 3.49. The minimum atomic E-state index is -0.395. The number of halogens is 1. The first-order valence-corrected chi connectivity index (χ1v) is 13.1. The number of benzene rings is 2. The number of fused-ring (bicyclic) bond motifs is 5. The van der Waals surface area contributed by atoms with E-state index in [1.165, 1.54) is 6.07 Å². The normalized spacial score (nSPS) is 20.7. The van der Waals surface area contributed by atoms with Crippen LogP contribution in [0.25, 0.3) is 33.3 Å². The van der Waals surface area contributed by atoms with E-state index in [2.05, 4.69) is 30.5 Å². The van der Waals surface area contributed by atoms with Gasteiger partial charge in [0.1, 0.15) is 17.2 Å². The molecule has 0 unspecified atom stereocenters. The number of aromatic amines is 2. The highest BCUT2D eigenvalue weighted by Crippen LogP contribution is 2.37. The van der Waals surface area contributed by atoms with Crippen LogP contribution in [0, 0.1) is 11.7 Å². The molecule has 8 rings (SSSR count). The zero-order chi connectivity index (χ0) is 25.6. The maximum absolute atomic E-state index is 15.5. The summed E-state index contributed by atoms with van der Waals surface area (Å²) in [7, 11) is 0. The quantitative estimate of drug-likeness (QED) is 0.264. The molecule has 3 saturated heterocycles. The Morgan fingerprint density at radius 2 is 1.87 bits per heavy atom. The number of nitrogens with one attached hydrogen (secondary N) is 4. The van der Waals surface area contributed by atoms with Crippen LogP contribution in [0.15, 0.2) is 65.6 Å². The van der Waals surface area contributed by atoms with Gasteiger partial charge in [-0.3, -0.25) is 9.78 Å². The second-order valence-electron chi connectivity index (χ2n) is 10.2. The van der Waals surface area contributed by atoms with Crippen molar-refractivity contribution in [2.24, 2.45) is 5.92 Å². The van der Waals surface area contributed by atoms with Gasteiger partial charge in [0.05, 0.1) is 40.2 Å². The molecule has 8 nitrogen and oxygen atoms in total. The molecule has 6 heterocycles. The van der Waals surface area contributed by atoms with Gasteiger partial charge in [0.15, 0.2) is 0 Å². The third-order valence-corrected chi connectivity index (χ3v) is 7.90. The number of H-pyrrole nitrogens is 2. The number of hydrogen-bond acceptors (Lipinski definition) is 6. The molecule has 0 amide bonds. The van der Waals surface area contributed by atoms with E-state index in [9.17, 15) is 4.79 Å². The Morgan fingerprint density at radius 1 is 1.03 bits per heavy atom. The van der Waals surface area contributed by atoms with E-state index in [0.29, 0.717) is 46.1 Å². The lowest BCUT2D eigenvalue weighted by Gasteiger charge is -2.45. The average Bonchev–Trinajstić information content (AvgIpc) is 3.37. The van der Waals surface area contributed by atoms with Crippen molar-refractivity contribution in [2.45, 2.75) is 25.4 Å². The molecule has 5 aromatic rings. The second kappa shape index (κ2) is 9.25. The molecular formula is C29H28FN7O. The second-order valence-corrected chi connectivity index (χ2v) is 10.2. The first-order valence-electron chi connectivity index (χ1n) is 13.1. The first-order chi connectivity index (χ1) is 18.6. The van der Waals surface area contributed by atoms with Crippen molar-refractivity contribution in [1.29, 1.82) is 0 Å². The summed E-state index contributed by atoms with van der Waals surface area (Å²) in [5, 5.41) is 7.44. The molecule has 0 saturated carbocycles. The molecule has 2 aromatic carbocycles. The predicted molar refractivity (Wildman–Crippen MR) is 148 cm³/mol. The Morgan fingerprint density at radius 3 is 2.63 bits per heavy atom. The standard InChI is InChI=1S/C29H28FN7O/c30-20-13-19-23(14-24(20)32-15-18-5-3-4-10-31-18)36-29(38)26(28-34-21-6-1-2-7-22(21)35-28)27(19)33-25-16-37-11-8-17(25)9-12-37/h1-7,10,13-14,17,25,32H,8-9,11-12,15-16H2,(H,34,35)(H2,33,36,38)/t25-/m0/s1. The van der Waals surface area contributed by atoms with Gasteiger partial charge >= 0.3 is 0 Å². The highest BCUT2D eigenvalue weighted by molar-refractivity contribution is 6.00. The molecule has 0 radical (unpaired) electrons. The molecule has 4 N–H and O–H groups in total. The van der Waals surface area contributed by atoms with E-state index in [1.807, 2.05) is 42.5 Å². The fourth-order valence-electron chi connectivity index (χ4n) is 5.90. The number of hydrogen-bond donors (Lipinski definition) is 4. The number of para-hydroxylation sites is 2. The molecule has 0 aliphatic carbocycles. The molecule has 2 bridgehead atoms. The molecule has 3 aromatic heterocycles. The van der Waals surface area contributed by atoms with E-state index in [1.54, 1.807) is 12.3 Å². The number of piperidine rings is 3. The van der Waals surface area contributed by atoms with Crippen LogP contribution in [0.1, 0.15) is 18.5 Å². The van der Waals surface area contributed by atoms with Crippen molar-refractivity contribution in [3.05, 3.63) is 82.7 Å². The SMILES string of the molecule is O=c1[nH]c2cc(NCc3ccccn3)c(F)cc2c(N[C@H]2CN3CCC2CC3)c1-c1nc2ccccc2[nH]1. The minimum absolute atomic E-state index is 0.177. The number of pyridine rings is 2. The Hall–Kier alpha value is -4.24. The average molecular weight is 510 g/mol. The van der Waals surface area contributed by atoms with Crippen LogP contribution in [0.5, 0.6) is 0 Å². The van der Waals surface area contributed by atoms with Gasteiger partial charge < -0.3 is 25.5 Å². The lowest BCUT2D eigenvalue weighted by molar-refractivity contribution is 0.0976. The van der Waals surface area contributed by atoms with Crippen LogP contribution in [-0.2, 0) is 6.54 Å². The van der Waals surface area contributed by atoms with Crippen molar-refractivity contribution < 1.29 is 4.39 Å². The van der Waals surface area contributed by atoms with Crippen LogP contribution in [0.3, 0.4) is 0 Å². The molecule has 0 spiro atoms. The monoisotopic (exact) mass is 509 g/mol. The van der Waals surface area contributed by atoms with Crippen LogP contribution in [0.4, 0.5) is 15.8 Å². The maximum Gasteiger partial charge on any atom is 0.261 e. The van der Waals surface area contributed by atoms with Gasteiger partial charge in [-0.1, -0.05) is 18.2 Å². The molecular weight excluding hydrogens is 481 g/mol. The highest BCUT2D eigenvalue weighted by Gasteiger charge is 2.35. The summed E-state index contributed by atoms with van der Waals surface area (Å²) < 4.78 is 15.5. The predicted octanol–water partition coefficient (Wildman–Crippen LogP) is 4.72.